The number of hydrogen-bond acceptors (Lipinski definition) is 3. The molecule has 1 saturated heterocycles. The molecule has 1 aromatic carbocycles. The fraction of sp³-hybridized carbons (Fsp3) is 0.462. The maximum atomic E-state index is 12.2. The van der Waals surface area contributed by atoms with Crippen LogP contribution in [0.4, 0.5) is 0 Å². The molecule has 18 heavy (non-hydrogen) atoms. The largest absolute Gasteiger partial charge is 0.507 e. The molecule has 1 amide bonds. The molecule has 1 heterocycles. The Hall–Kier alpha value is -1.07. The van der Waals surface area contributed by atoms with Crippen molar-refractivity contribution in [3.05, 3.63) is 29.8 Å². The van der Waals surface area contributed by atoms with Gasteiger partial charge in [0.15, 0.2) is 0 Å². The Balaban J connectivity index is 2.13. The summed E-state index contributed by atoms with van der Waals surface area (Å²) >= 11 is 3.45. The summed E-state index contributed by atoms with van der Waals surface area (Å²) in [7, 11) is 0. The molecular weight excluding hydrogens is 298 g/mol. The Morgan fingerprint density at radius 3 is 2.67 bits per heavy atom. The Labute approximate surface area is 114 Å². The molecule has 0 radical (unpaired) electrons. The molecule has 0 spiro atoms. The second kappa shape index (κ2) is 5.71. The Morgan fingerprint density at radius 2 is 2.06 bits per heavy atom. The smallest absolute Gasteiger partial charge is 0.255 e. The second-order valence-corrected chi connectivity index (χ2v) is 5.06. The summed E-state index contributed by atoms with van der Waals surface area (Å²) in [5.74, 6) is -0.235. The molecule has 0 saturated carbocycles. The van der Waals surface area contributed by atoms with E-state index in [0.29, 0.717) is 24.1 Å². The summed E-state index contributed by atoms with van der Waals surface area (Å²) in [6.07, 6.45) is 1.55. The number of alkyl halides is 1. The number of halogens is 1. The van der Waals surface area contributed by atoms with Crippen LogP contribution in [0.2, 0.25) is 0 Å². The number of carbonyl (C=O) groups excluding carboxylic acids is 1. The number of amides is 1. The van der Waals surface area contributed by atoms with Gasteiger partial charge in [0, 0.05) is 18.5 Å². The quantitative estimate of drug-likeness (QED) is 0.840. The lowest BCUT2D eigenvalue weighted by molar-refractivity contribution is 0.0441. The molecule has 4 nitrogen and oxygen atoms in total. The first-order chi connectivity index (χ1) is 8.67. The summed E-state index contributed by atoms with van der Waals surface area (Å²) in [6.45, 7) is 1.29. The van der Waals surface area contributed by atoms with Gasteiger partial charge >= 0.3 is 0 Å². The molecule has 2 N–H and O–H groups in total. The molecule has 0 unspecified atom stereocenters. The van der Waals surface area contributed by atoms with Crippen LogP contribution in [0.3, 0.4) is 0 Å². The van der Waals surface area contributed by atoms with Gasteiger partial charge in [-0.3, -0.25) is 4.79 Å². The van der Waals surface area contributed by atoms with Crippen molar-refractivity contribution in [3.63, 3.8) is 0 Å². The second-order valence-electron chi connectivity index (χ2n) is 4.50. The van der Waals surface area contributed by atoms with Crippen molar-refractivity contribution in [1.29, 1.82) is 0 Å². The molecule has 0 bridgehead atoms. The van der Waals surface area contributed by atoms with Gasteiger partial charge in [-0.1, -0.05) is 28.1 Å². The third-order valence-corrected chi connectivity index (χ3v) is 4.31. The Kier molecular flexibility index (Phi) is 4.24. The standard InChI is InChI=1S/C13H16BrNO3/c14-9-13(5-7-18-8-6-13)15-12(17)10-3-1-2-4-11(10)16/h1-4,16H,5-9H2,(H,15,17). The van der Waals surface area contributed by atoms with Gasteiger partial charge in [0.25, 0.3) is 5.91 Å². The number of carbonyl (C=O) groups is 1. The lowest BCUT2D eigenvalue weighted by Crippen LogP contribution is -2.53. The number of aromatic hydroxyl groups is 1. The molecule has 1 fully saturated rings. The first-order valence-electron chi connectivity index (χ1n) is 5.91. The maximum absolute atomic E-state index is 12.2. The number of nitrogens with one attached hydrogen (secondary N) is 1. The number of rotatable bonds is 3. The van der Waals surface area contributed by atoms with Crippen LogP contribution in [0, 0.1) is 0 Å². The van der Waals surface area contributed by atoms with E-state index >= 15 is 0 Å². The molecule has 5 heteroatoms. The van der Waals surface area contributed by atoms with Crippen molar-refractivity contribution in [2.45, 2.75) is 18.4 Å². The molecule has 1 aliphatic heterocycles. The molecule has 98 valence electrons. The zero-order chi connectivity index (χ0) is 13.0. The van der Waals surface area contributed by atoms with E-state index < -0.39 is 0 Å². The van der Waals surface area contributed by atoms with Crippen molar-refractivity contribution in [2.75, 3.05) is 18.5 Å². The topological polar surface area (TPSA) is 58.6 Å². The summed E-state index contributed by atoms with van der Waals surface area (Å²) in [4.78, 5) is 12.2. The van der Waals surface area contributed by atoms with E-state index in [4.69, 9.17) is 4.74 Å². The zero-order valence-corrected chi connectivity index (χ0v) is 11.6. The minimum atomic E-state index is -0.280. The van der Waals surface area contributed by atoms with Gasteiger partial charge in [-0.25, -0.2) is 0 Å². The molecule has 1 aliphatic rings. The SMILES string of the molecule is O=C(NC1(CBr)CCOCC1)c1ccccc1O. The normalized spacial score (nSPS) is 18.3. The van der Waals surface area contributed by atoms with Crippen molar-refractivity contribution in [1.82, 2.24) is 5.32 Å². The van der Waals surface area contributed by atoms with Gasteiger partial charge in [-0.15, -0.1) is 0 Å². The summed E-state index contributed by atoms with van der Waals surface area (Å²) < 4.78 is 5.32. The minimum absolute atomic E-state index is 0.00628. The van der Waals surface area contributed by atoms with E-state index in [2.05, 4.69) is 21.2 Å². The highest BCUT2D eigenvalue weighted by atomic mass is 79.9. The van der Waals surface area contributed by atoms with Gasteiger partial charge in [-0.05, 0) is 25.0 Å². The minimum Gasteiger partial charge on any atom is -0.507 e. The third kappa shape index (κ3) is 2.84. The molecule has 0 atom stereocenters. The van der Waals surface area contributed by atoms with E-state index in [9.17, 15) is 9.90 Å². The van der Waals surface area contributed by atoms with E-state index in [1.807, 2.05) is 0 Å². The maximum Gasteiger partial charge on any atom is 0.255 e. The van der Waals surface area contributed by atoms with Gasteiger partial charge in [-0.2, -0.15) is 0 Å². The number of benzene rings is 1. The molecule has 2 rings (SSSR count). The van der Waals surface area contributed by atoms with E-state index in [1.54, 1.807) is 18.2 Å². The van der Waals surface area contributed by atoms with Gasteiger partial charge in [0.1, 0.15) is 5.75 Å². The molecule has 0 aromatic heterocycles. The van der Waals surface area contributed by atoms with E-state index in [-0.39, 0.29) is 17.2 Å². The molecule has 0 aliphatic carbocycles. The van der Waals surface area contributed by atoms with Gasteiger partial charge in [0.05, 0.1) is 11.1 Å². The number of phenols is 1. The summed E-state index contributed by atoms with van der Waals surface area (Å²) in [5.41, 5.74) is 0.0294. The van der Waals surface area contributed by atoms with Crippen LogP contribution in [-0.2, 0) is 4.74 Å². The highest BCUT2D eigenvalue weighted by Crippen LogP contribution is 2.25. The first-order valence-corrected chi connectivity index (χ1v) is 7.03. The Morgan fingerprint density at radius 1 is 1.39 bits per heavy atom. The van der Waals surface area contributed by atoms with Crippen LogP contribution >= 0.6 is 15.9 Å². The van der Waals surface area contributed by atoms with Crippen LogP contribution in [0.25, 0.3) is 0 Å². The third-order valence-electron chi connectivity index (χ3n) is 3.23. The van der Waals surface area contributed by atoms with Gasteiger partial charge < -0.3 is 15.2 Å². The number of para-hydroxylation sites is 1. The molecule has 1 aromatic rings. The van der Waals surface area contributed by atoms with Crippen LogP contribution in [0.5, 0.6) is 5.75 Å². The lowest BCUT2D eigenvalue weighted by atomic mass is 9.92. The van der Waals surface area contributed by atoms with Crippen LogP contribution in [0.1, 0.15) is 23.2 Å². The summed E-state index contributed by atoms with van der Waals surface area (Å²) in [5, 5.41) is 13.4. The average Bonchev–Trinajstić information content (AvgIpc) is 2.40. The van der Waals surface area contributed by atoms with E-state index in [0.717, 1.165) is 12.8 Å². The highest BCUT2D eigenvalue weighted by molar-refractivity contribution is 9.09. The van der Waals surface area contributed by atoms with Crippen LogP contribution in [-0.4, -0.2) is 35.1 Å². The van der Waals surface area contributed by atoms with E-state index in [1.165, 1.54) is 6.07 Å². The molecular formula is C13H16BrNO3. The van der Waals surface area contributed by atoms with Crippen molar-refractivity contribution >= 4 is 21.8 Å². The number of ether oxygens (including phenoxy) is 1. The zero-order valence-electron chi connectivity index (χ0n) is 9.99. The Bertz CT molecular complexity index is 430. The lowest BCUT2D eigenvalue weighted by Gasteiger charge is -2.36. The van der Waals surface area contributed by atoms with Crippen molar-refractivity contribution < 1.29 is 14.6 Å². The predicted molar refractivity (Wildman–Crippen MR) is 72.2 cm³/mol. The predicted octanol–water partition coefficient (Wildman–Crippen LogP) is 2.07. The first kappa shape index (κ1) is 13.4. The van der Waals surface area contributed by atoms with Crippen LogP contribution < -0.4 is 5.32 Å². The summed E-state index contributed by atoms with van der Waals surface area (Å²) in [6, 6.07) is 6.56. The average molecular weight is 314 g/mol. The fourth-order valence-electron chi connectivity index (χ4n) is 2.03. The number of phenolic OH excluding ortho intramolecular Hbond substituents is 1. The number of hydrogen-bond donors (Lipinski definition) is 2. The van der Waals surface area contributed by atoms with Gasteiger partial charge in [0.2, 0.25) is 0 Å². The highest BCUT2D eigenvalue weighted by Gasteiger charge is 2.33. The monoisotopic (exact) mass is 313 g/mol. The van der Waals surface area contributed by atoms with Crippen molar-refractivity contribution in [2.24, 2.45) is 0 Å². The van der Waals surface area contributed by atoms with Crippen molar-refractivity contribution in [3.8, 4) is 5.75 Å². The fourth-order valence-corrected chi connectivity index (χ4v) is 2.73. The van der Waals surface area contributed by atoms with Crippen LogP contribution in [0.15, 0.2) is 24.3 Å².